The summed E-state index contributed by atoms with van der Waals surface area (Å²) in [4.78, 5) is 14.0. The van der Waals surface area contributed by atoms with Gasteiger partial charge in [-0.25, -0.2) is 4.79 Å². The Kier molecular flexibility index (Phi) is 5.25. The zero-order chi connectivity index (χ0) is 14.7. The molecule has 0 spiro atoms. The van der Waals surface area contributed by atoms with E-state index in [4.69, 9.17) is 10.5 Å². The van der Waals surface area contributed by atoms with Crippen LogP contribution >= 0.6 is 0 Å². The van der Waals surface area contributed by atoms with Gasteiger partial charge < -0.3 is 15.4 Å². The summed E-state index contributed by atoms with van der Waals surface area (Å²) in [5, 5.41) is 0. The Hall–Kier alpha value is -0.770. The molecule has 0 bridgehead atoms. The monoisotopic (exact) mass is 270 g/mol. The molecule has 0 unspecified atom stereocenters. The van der Waals surface area contributed by atoms with Gasteiger partial charge >= 0.3 is 6.09 Å². The molecule has 1 rings (SSSR count). The summed E-state index contributed by atoms with van der Waals surface area (Å²) in [6.07, 6.45) is 5.24. The van der Waals surface area contributed by atoms with Crippen LogP contribution in [0.1, 0.15) is 59.8 Å². The number of hydrogen-bond donors (Lipinski definition) is 1. The molecule has 1 aliphatic rings. The standard InChI is InChI=1S/C15H30N2O2/c1-6-12-7-9-15(11-16,10-8-12)17(5)13(18)19-14(2,3)4/h12H,6-11,16H2,1-5H3. The molecule has 1 aliphatic carbocycles. The number of ether oxygens (including phenoxy) is 1. The highest BCUT2D eigenvalue weighted by molar-refractivity contribution is 5.69. The third-order valence-corrected chi connectivity index (χ3v) is 4.37. The quantitative estimate of drug-likeness (QED) is 0.857. The molecule has 0 atom stereocenters. The van der Waals surface area contributed by atoms with Crippen molar-refractivity contribution in [2.24, 2.45) is 11.7 Å². The van der Waals surface area contributed by atoms with Gasteiger partial charge in [-0.1, -0.05) is 13.3 Å². The molecule has 1 saturated carbocycles. The van der Waals surface area contributed by atoms with Gasteiger partial charge in [0.15, 0.2) is 0 Å². The van der Waals surface area contributed by atoms with Crippen molar-refractivity contribution in [2.75, 3.05) is 13.6 Å². The number of nitrogens with zero attached hydrogens (tertiary/aromatic N) is 1. The average Bonchev–Trinajstić information content (AvgIpc) is 2.36. The van der Waals surface area contributed by atoms with Gasteiger partial charge in [-0.2, -0.15) is 0 Å². The lowest BCUT2D eigenvalue weighted by Crippen LogP contribution is -2.57. The third-order valence-electron chi connectivity index (χ3n) is 4.37. The molecule has 0 heterocycles. The Morgan fingerprint density at radius 2 is 1.89 bits per heavy atom. The molecule has 4 heteroatoms. The lowest BCUT2D eigenvalue weighted by Gasteiger charge is -2.45. The van der Waals surface area contributed by atoms with E-state index < -0.39 is 5.60 Å². The first-order valence-corrected chi connectivity index (χ1v) is 7.41. The van der Waals surface area contributed by atoms with Crippen LogP contribution in [0.3, 0.4) is 0 Å². The van der Waals surface area contributed by atoms with Crippen molar-refractivity contribution in [1.29, 1.82) is 0 Å². The van der Waals surface area contributed by atoms with Crippen LogP contribution in [-0.2, 0) is 4.74 Å². The molecule has 0 aromatic heterocycles. The molecule has 2 N–H and O–H groups in total. The van der Waals surface area contributed by atoms with E-state index in [1.54, 1.807) is 4.90 Å². The van der Waals surface area contributed by atoms with Gasteiger partial charge in [-0.3, -0.25) is 0 Å². The molecule has 1 amide bonds. The number of rotatable bonds is 3. The second-order valence-corrected chi connectivity index (χ2v) is 6.82. The molecule has 0 aliphatic heterocycles. The van der Waals surface area contributed by atoms with Crippen LogP contribution in [-0.4, -0.2) is 35.7 Å². The summed E-state index contributed by atoms with van der Waals surface area (Å²) in [5.74, 6) is 0.784. The van der Waals surface area contributed by atoms with Gasteiger partial charge in [0.1, 0.15) is 5.60 Å². The molecule has 112 valence electrons. The second-order valence-electron chi connectivity index (χ2n) is 6.82. The van der Waals surface area contributed by atoms with E-state index >= 15 is 0 Å². The summed E-state index contributed by atoms with van der Waals surface area (Å²) >= 11 is 0. The lowest BCUT2D eigenvalue weighted by molar-refractivity contribution is -0.00559. The fourth-order valence-corrected chi connectivity index (χ4v) is 2.82. The normalized spacial score (nSPS) is 28.0. The Morgan fingerprint density at radius 3 is 2.26 bits per heavy atom. The Labute approximate surface area is 117 Å². The molecule has 0 radical (unpaired) electrons. The number of amides is 1. The maximum Gasteiger partial charge on any atom is 0.410 e. The van der Waals surface area contributed by atoms with E-state index in [0.717, 1.165) is 31.6 Å². The van der Waals surface area contributed by atoms with Crippen LogP contribution in [0.4, 0.5) is 4.79 Å². The maximum atomic E-state index is 12.2. The van der Waals surface area contributed by atoms with Crippen LogP contribution in [0.15, 0.2) is 0 Å². The molecule has 19 heavy (non-hydrogen) atoms. The van der Waals surface area contributed by atoms with E-state index in [9.17, 15) is 4.79 Å². The van der Waals surface area contributed by atoms with E-state index in [-0.39, 0.29) is 11.6 Å². The third kappa shape index (κ3) is 4.10. The van der Waals surface area contributed by atoms with Crippen molar-refractivity contribution in [3.05, 3.63) is 0 Å². The number of carbonyl (C=O) groups excluding carboxylic acids is 1. The Balaban J connectivity index is 2.71. The zero-order valence-corrected chi connectivity index (χ0v) is 13.2. The van der Waals surface area contributed by atoms with Crippen LogP contribution in [0.2, 0.25) is 0 Å². The SMILES string of the molecule is CCC1CCC(CN)(N(C)C(=O)OC(C)(C)C)CC1. The number of hydrogen-bond acceptors (Lipinski definition) is 3. The maximum absolute atomic E-state index is 12.2. The lowest BCUT2D eigenvalue weighted by atomic mass is 9.75. The highest BCUT2D eigenvalue weighted by Gasteiger charge is 2.40. The average molecular weight is 270 g/mol. The van der Waals surface area contributed by atoms with Gasteiger partial charge in [0.25, 0.3) is 0 Å². The van der Waals surface area contributed by atoms with Crippen LogP contribution in [0, 0.1) is 5.92 Å². The number of carbonyl (C=O) groups is 1. The van der Waals surface area contributed by atoms with Crippen molar-refractivity contribution >= 4 is 6.09 Å². The zero-order valence-electron chi connectivity index (χ0n) is 13.2. The smallest absolute Gasteiger partial charge is 0.410 e. The van der Waals surface area contributed by atoms with Crippen molar-refractivity contribution < 1.29 is 9.53 Å². The van der Waals surface area contributed by atoms with E-state index in [2.05, 4.69) is 6.92 Å². The topological polar surface area (TPSA) is 55.6 Å². The van der Waals surface area contributed by atoms with Gasteiger partial charge in [0.2, 0.25) is 0 Å². The molecule has 0 aromatic rings. The van der Waals surface area contributed by atoms with Gasteiger partial charge in [-0.15, -0.1) is 0 Å². The van der Waals surface area contributed by atoms with Crippen LogP contribution < -0.4 is 5.73 Å². The minimum absolute atomic E-state index is 0.214. The Bertz CT molecular complexity index is 302. The summed E-state index contributed by atoms with van der Waals surface area (Å²) in [6, 6.07) is 0. The van der Waals surface area contributed by atoms with E-state index in [0.29, 0.717) is 6.54 Å². The predicted molar refractivity (Wildman–Crippen MR) is 78.0 cm³/mol. The molecule has 4 nitrogen and oxygen atoms in total. The summed E-state index contributed by atoms with van der Waals surface area (Å²) in [6.45, 7) is 8.42. The molecular formula is C15H30N2O2. The van der Waals surface area contributed by atoms with Gasteiger partial charge in [0.05, 0.1) is 5.54 Å². The molecule has 0 aromatic carbocycles. The fraction of sp³-hybridized carbons (Fsp3) is 0.933. The van der Waals surface area contributed by atoms with Crippen molar-refractivity contribution in [1.82, 2.24) is 4.90 Å². The van der Waals surface area contributed by atoms with Crippen LogP contribution in [0.25, 0.3) is 0 Å². The van der Waals surface area contributed by atoms with Crippen LogP contribution in [0.5, 0.6) is 0 Å². The first-order valence-electron chi connectivity index (χ1n) is 7.41. The highest BCUT2D eigenvalue weighted by Crippen LogP contribution is 2.37. The Morgan fingerprint density at radius 1 is 1.37 bits per heavy atom. The minimum Gasteiger partial charge on any atom is -0.444 e. The van der Waals surface area contributed by atoms with E-state index in [1.165, 1.54) is 6.42 Å². The summed E-state index contributed by atoms with van der Waals surface area (Å²) in [7, 11) is 1.83. The number of likely N-dealkylation sites (N-methyl/N-ethyl adjacent to an activating group) is 1. The molecular weight excluding hydrogens is 240 g/mol. The largest absolute Gasteiger partial charge is 0.444 e. The van der Waals surface area contributed by atoms with Gasteiger partial charge in [0, 0.05) is 13.6 Å². The first kappa shape index (κ1) is 16.3. The van der Waals surface area contributed by atoms with Crippen molar-refractivity contribution in [2.45, 2.75) is 70.9 Å². The van der Waals surface area contributed by atoms with Gasteiger partial charge in [-0.05, 0) is 52.4 Å². The van der Waals surface area contributed by atoms with E-state index in [1.807, 2.05) is 27.8 Å². The van der Waals surface area contributed by atoms with Crippen molar-refractivity contribution in [3.8, 4) is 0 Å². The number of nitrogens with two attached hydrogens (primary N) is 1. The summed E-state index contributed by atoms with van der Waals surface area (Å²) in [5.41, 5.74) is 5.31. The second kappa shape index (κ2) is 6.12. The fourth-order valence-electron chi connectivity index (χ4n) is 2.82. The summed E-state index contributed by atoms with van der Waals surface area (Å²) < 4.78 is 5.46. The first-order chi connectivity index (χ1) is 8.74. The predicted octanol–water partition coefficient (Wildman–Crippen LogP) is 3.15. The van der Waals surface area contributed by atoms with Crippen molar-refractivity contribution in [3.63, 3.8) is 0 Å². The molecule has 1 fully saturated rings. The highest BCUT2D eigenvalue weighted by atomic mass is 16.6. The molecule has 0 saturated heterocycles. The minimum atomic E-state index is -0.457.